The zero-order valence-electron chi connectivity index (χ0n) is 12.0. The van der Waals surface area contributed by atoms with Gasteiger partial charge in [0.05, 0.1) is 6.26 Å². The Hall–Kier alpha value is -0.980. The molecule has 0 saturated heterocycles. The van der Waals surface area contributed by atoms with E-state index >= 15 is 0 Å². The van der Waals surface area contributed by atoms with Gasteiger partial charge in [0.1, 0.15) is 5.82 Å². The van der Waals surface area contributed by atoms with E-state index in [1.54, 1.807) is 6.07 Å². The van der Waals surface area contributed by atoms with Crippen molar-refractivity contribution >= 4 is 10.0 Å². The number of hydrogen-bond donors (Lipinski definition) is 2. The van der Waals surface area contributed by atoms with E-state index in [1.165, 1.54) is 6.07 Å². The van der Waals surface area contributed by atoms with E-state index in [0.29, 0.717) is 6.54 Å². The average Bonchev–Trinajstić information content (AvgIpc) is 2.68. The Morgan fingerprint density at radius 2 is 2.10 bits per heavy atom. The molecule has 0 aliphatic heterocycles. The van der Waals surface area contributed by atoms with Gasteiger partial charge in [0, 0.05) is 18.1 Å². The summed E-state index contributed by atoms with van der Waals surface area (Å²) in [5.41, 5.74) is 1.18. The fourth-order valence-electron chi connectivity index (χ4n) is 2.74. The van der Waals surface area contributed by atoms with Crippen molar-refractivity contribution in [3.05, 3.63) is 35.1 Å². The zero-order valence-corrected chi connectivity index (χ0v) is 12.8. The van der Waals surface area contributed by atoms with Gasteiger partial charge in [0.2, 0.25) is 10.0 Å². The third kappa shape index (κ3) is 3.77. The molecule has 0 saturated carbocycles. The average molecular weight is 300 g/mol. The summed E-state index contributed by atoms with van der Waals surface area (Å²) in [6.45, 7) is 4.13. The monoisotopic (exact) mass is 300 g/mol. The molecule has 0 amide bonds. The van der Waals surface area contributed by atoms with Gasteiger partial charge < -0.3 is 5.32 Å². The molecule has 0 aromatic heterocycles. The lowest BCUT2D eigenvalue weighted by molar-refractivity contribution is 0.389. The molecule has 20 heavy (non-hydrogen) atoms. The second kappa shape index (κ2) is 5.42. The van der Waals surface area contributed by atoms with Crippen molar-refractivity contribution in [3.8, 4) is 0 Å². The van der Waals surface area contributed by atoms with Gasteiger partial charge in [-0.25, -0.2) is 17.5 Å². The summed E-state index contributed by atoms with van der Waals surface area (Å²) in [5.74, 6) is -0.152. The van der Waals surface area contributed by atoms with Gasteiger partial charge in [0.25, 0.3) is 0 Å². The fraction of sp³-hybridized carbons (Fsp3) is 0.571. The van der Waals surface area contributed by atoms with E-state index in [2.05, 4.69) is 10.0 Å². The van der Waals surface area contributed by atoms with Crippen molar-refractivity contribution in [1.29, 1.82) is 0 Å². The third-order valence-electron chi connectivity index (χ3n) is 3.47. The molecule has 0 heterocycles. The first-order chi connectivity index (χ1) is 9.18. The highest BCUT2D eigenvalue weighted by molar-refractivity contribution is 7.88. The Balaban J connectivity index is 2.02. The molecule has 0 fully saturated rings. The lowest BCUT2D eigenvalue weighted by atomic mass is 10.0. The standard InChI is InChI=1S/C14H21FN2O2S/c1-14(2,17-20(3,18)19)9-16-13-8-7-10-11(13)5-4-6-12(10)15/h4-6,13,16-17H,7-9H2,1-3H3. The SMILES string of the molecule is CC(C)(CNC1CCc2c(F)cccc21)NS(C)(=O)=O. The van der Waals surface area contributed by atoms with Gasteiger partial charge in [-0.2, -0.15) is 0 Å². The predicted molar refractivity (Wildman–Crippen MR) is 77.5 cm³/mol. The van der Waals surface area contributed by atoms with Crippen LogP contribution in [-0.2, 0) is 16.4 Å². The maximum absolute atomic E-state index is 13.6. The Labute approximate surface area is 119 Å². The maximum atomic E-state index is 13.6. The third-order valence-corrected chi connectivity index (χ3v) is 4.39. The molecule has 2 rings (SSSR count). The number of rotatable bonds is 5. The molecule has 0 radical (unpaired) electrons. The van der Waals surface area contributed by atoms with Gasteiger partial charge in [0.15, 0.2) is 0 Å². The van der Waals surface area contributed by atoms with Crippen molar-refractivity contribution < 1.29 is 12.8 Å². The van der Waals surface area contributed by atoms with Crippen LogP contribution in [0.3, 0.4) is 0 Å². The Bertz CT molecular complexity index is 599. The molecule has 1 aliphatic rings. The lowest BCUT2D eigenvalue weighted by Crippen LogP contribution is -2.50. The van der Waals surface area contributed by atoms with Crippen LogP contribution in [0, 0.1) is 5.82 Å². The fourth-order valence-corrected chi connectivity index (χ4v) is 3.81. The Morgan fingerprint density at radius 3 is 2.75 bits per heavy atom. The van der Waals surface area contributed by atoms with Crippen molar-refractivity contribution in [2.24, 2.45) is 0 Å². The van der Waals surface area contributed by atoms with Crippen molar-refractivity contribution in [3.63, 3.8) is 0 Å². The van der Waals surface area contributed by atoms with E-state index < -0.39 is 15.6 Å². The van der Waals surface area contributed by atoms with Crippen LogP contribution >= 0.6 is 0 Å². The first-order valence-corrected chi connectivity index (χ1v) is 8.57. The first-order valence-electron chi connectivity index (χ1n) is 6.67. The van der Waals surface area contributed by atoms with Gasteiger partial charge in [-0.05, 0) is 43.9 Å². The molecule has 1 aromatic carbocycles. The van der Waals surface area contributed by atoms with Crippen molar-refractivity contribution in [1.82, 2.24) is 10.0 Å². The Kier molecular flexibility index (Phi) is 4.18. The van der Waals surface area contributed by atoms with Gasteiger partial charge in [-0.15, -0.1) is 0 Å². The Morgan fingerprint density at radius 1 is 1.40 bits per heavy atom. The van der Waals surface area contributed by atoms with Gasteiger partial charge >= 0.3 is 0 Å². The highest BCUT2D eigenvalue weighted by atomic mass is 32.2. The number of fused-ring (bicyclic) bond motifs is 1. The highest BCUT2D eigenvalue weighted by Gasteiger charge is 2.28. The molecular formula is C14H21FN2O2S. The normalized spacial score (nSPS) is 19.1. The maximum Gasteiger partial charge on any atom is 0.209 e. The summed E-state index contributed by atoms with van der Waals surface area (Å²) >= 11 is 0. The molecule has 0 bridgehead atoms. The summed E-state index contributed by atoms with van der Waals surface area (Å²) in [4.78, 5) is 0. The van der Waals surface area contributed by atoms with Crippen LogP contribution in [-0.4, -0.2) is 26.8 Å². The predicted octanol–water partition coefficient (Wildman–Crippen LogP) is 1.73. The van der Waals surface area contributed by atoms with Crippen LogP contribution in [0.1, 0.15) is 37.4 Å². The molecule has 1 atom stereocenters. The highest BCUT2D eigenvalue weighted by Crippen LogP contribution is 2.32. The zero-order chi connectivity index (χ0) is 15.0. The number of halogens is 1. The van der Waals surface area contributed by atoms with Crippen LogP contribution < -0.4 is 10.0 Å². The van der Waals surface area contributed by atoms with Crippen molar-refractivity contribution in [2.75, 3.05) is 12.8 Å². The van der Waals surface area contributed by atoms with E-state index in [0.717, 1.165) is 30.2 Å². The summed E-state index contributed by atoms with van der Waals surface area (Å²) in [6.07, 6.45) is 2.71. The van der Waals surface area contributed by atoms with E-state index in [9.17, 15) is 12.8 Å². The summed E-state index contributed by atoms with van der Waals surface area (Å²) < 4.78 is 38.8. The van der Waals surface area contributed by atoms with Gasteiger partial charge in [-0.1, -0.05) is 12.1 Å². The summed E-state index contributed by atoms with van der Waals surface area (Å²) in [6, 6.07) is 5.21. The topological polar surface area (TPSA) is 58.2 Å². The number of benzene rings is 1. The van der Waals surface area contributed by atoms with Crippen LogP contribution in [0.5, 0.6) is 0 Å². The molecule has 2 N–H and O–H groups in total. The van der Waals surface area contributed by atoms with Crippen LogP contribution in [0.25, 0.3) is 0 Å². The minimum Gasteiger partial charge on any atom is -0.308 e. The number of sulfonamides is 1. The van der Waals surface area contributed by atoms with Crippen LogP contribution in [0.2, 0.25) is 0 Å². The minimum absolute atomic E-state index is 0.0846. The molecule has 1 unspecified atom stereocenters. The number of hydrogen-bond acceptors (Lipinski definition) is 3. The summed E-state index contributed by atoms with van der Waals surface area (Å²) in [7, 11) is -3.24. The second-order valence-electron chi connectivity index (χ2n) is 6.04. The van der Waals surface area contributed by atoms with Crippen molar-refractivity contribution in [2.45, 2.75) is 38.3 Å². The second-order valence-corrected chi connectivity index (χ2v) is 7.79. The van der Waals surface area contributed by atoms with E-state index in [4.69, 9.17) is 0 Å². The van der Waals surface area contributed by atoms with E-state index in [1.807, 2.05) is 19.9 Å². The molecule has 1 aromatic rings. The largest absolute Gasteiger partial charge is 0.308 e. The molecule has 1 aliphatic carbocycles. The minimum atomic E-state index is -3.24. The molecular weight excluding hydrogens is 279 g/mol. The molecule has 112 valence electrons. The van der Waals surface area contributed by atoms with Crippen LogP contribution in [0.4, 0.5) is 4.39 Å². The number of nitrogens with one attached hydrogen (secondary N) is 2. The van der Waals surface area contributed by atoms with E-state index in [-0.39, 0.29) is 11.9 Å². The summed E-state index contributed by atoms with van der Waals surface area (Å²) in [5, 5.41) is 3.33. The molecule has 6 heteroatoms. The molecule has 0 spiro atoms. The first kappa shape index (κ1) is 15.4. The smallest absolute Gasteiger partial charge is 0.209 e. The lowest BCUT2D eigenvalue weighted by Gasteiger charge is -2.27. The van der Waals surface area contributed by atoms with Crippen LogP contribution in [0.15, 0.2) is 18.2 Å². The van der Waals surface area contributed by atoms with Gasteiger partial charge in [-0.3, -0.25) is 0 Å². The molecule has 4 nitrogen and oxygen atoms in total. The quantitative estimate of drug-likeness (QED) is 0.870.